The van der Waals surface area contributed by atoms with Gasteiger partial charge in [0.25, 0.3) is 0 Å². The Labute approximate surface area is 144 Å². The fraction of sp³-hybridized carbons (Fsp3) is 0.400. The zero-order chi connectivity index (χ0) is 16.3. The Morgan fingerprint density at radius 1 is 1.18 bits per heavy atom. The van der Waals surface area contributed by atoms with Crippen LogP contribution < -0.4 is 0 Å². The number of imidazole rings is 1. The molecule has 7 heteroatoms. The first-order valence-corrected chi connectivity index (χ1v) is 8.48. The predicted octanol–water partition coefficient (Wildman–Crippen LogP) is 3.95. The quantitative estimate of drug-likeness (QED) is 0.818. The SMILES string of the molecule is CC(C)c1nc(CO)n(CCO)c1Sc1cc(Cl)cc(Cl)c1. The lowest BCUT2D eigenvalue weighted by Crippen LogP contribution is -2.08. The third kappa shape index (κ3) is 3.97. The summed E-state index contributed by atoms with van der Waals surface area (Å²) in [4.78, 5) is 5.39. The minimum absolute atomic E-state index is 0.0231. The molecule has 1 aromatic heterocycles. The molecule has 0 aliphatic heterocycles. The summed E-state index contributed by atoms with van der Waals surface area (Å²) in [5, 5.41) is 20.8. The lowest BCUT2D eigenvalue weighted by atomic mass is 10.1. The minimum Gasteiger partial charge on any atom is -0.395 e. The average Bonchev–Trinajstić information content (AvgIpc) is 2.76. The molecule has 22 heavy (non-hydrogen) atoms. The topological polar surface area (TPSA) is 58.3 Å². The Morgan fingerprint density at radius 2 is 1.82 bits per heavy atom. The highest BCUT2D eigenvalue weighted by atomic mass is 35.5. The van der Waals surface area contributed by atoms with Crippen LogP contribution in [0.4, 0.5) is 0 Å². The smallest absolute Gasteiger partial charge is 0.135 e. The third-order valence-corrected chi connectivity index (χ3v) is 4.62. The number of hydrogen-bond donors (Lipinski definition) is 2. The van der Waals surface area contributed by atoms with Crippen LogP contribution in [0.15, 0.2) is 28.1 Å². The van der Waals surface area contributed by atoms with Crippen LogP contribution in [0.25, 0.3) is 0 Å². The van der Waals surface area contributed by atoms with Gasteiger partial charge in [-0.3, -0.25) is 0 Å². The van der Waals surface area contributed by atoms with Crippen molar-refractivity contribution >= 4 is 35.0 Å². The van der Waals surface area contributed by atoms with Gasteiger partial charge in [-0.1, -0.05) is 48.8 Å². The lowest BCUT2D eigenvalue weighted by Gasteiger charge is -2.12. The molecule has 0 amide bonds. The van der Waals surface area contributed by atoms with Gasteiger partial charge in [0.1, 0.15) is 17.5 Å². The molecule has 0 radical (unpaired) electrons. The summed E-state index contributed by atoms with van der Waals surface area (Å²) in [7, 11) is 0. The van der Waals surface area contributed by atoms with Crippen LogP contribution >= 0.6 is 35.0 Å². The Balaban J connectivity index is 2.49. The van der Waals surface area contributed by atoms with E-state index in [1.165, 1.54) is 11.8 Å². The summed E-state index contributed by atoms with van der Waals surface area (Å²) in [6.45, 7) is 4.27. The molecule has 2 rings (SSSR count). The molecule has 0 spiro atoms. The van der Waals surface area contributed by atoms with Gasteiger partial charge < -0.3 is 14.8 Å². The zero-order valence-electron chi connectivity index (χ0n) is 12.4. The van der Waals surface area contributed by atoms with E-state index < -0.39 is 0 Å². The lowest BCUT2D eigenvalue weighted by molar-refractivity contribution is 0.243. The molecule has 0 aliphatic rings. The van der Waals surface area contributed by atoms with E-state index in [-0.39, 0.29) is 19.1 Å². The van der Waals surface area contributed by atoms with Crippen LogP contribution in [0.3, 0.4) is 0 Å². The summed E-state index contributed by atoms with van der Waals surface area (Å²) in [6.07, 6.45) is 0. The van der Waals surface area contributed by atoms with E-state index >= 15 is 0 Å². The Hall–Kier alpha value is -0.720. The summed E-state index contributed by atoms with van der Waals surface area (Å²) < 4.78 is 1.84. The number of benzene rings is 1. The molecule has 0 saturated heterocycles. The van der Waals surface area contributed by atoms with Crippen molar-refractivity contribution in [1.29, 1.82) is 0 Å². The number of aliphatic hydroxyl groups excluding tert-OH is 2. The maximum atomic E-state index is 9.50. The molecule has 1 heterocycles. The molecule has 0 aliphatic carbocycles. The number of halogens is 2. The van der Waals surface area contributed by atoms with Gasteiger partial charge in [-0.25, -0.2) is 4.98 Å². The molecule has 2 aromatic rings. The summed E-state index contributed by atoms with van der Waals surface area (Å²) >= 11 is 13.6. The van der Waals surface area contributed by atoms with Crippen LogP contribution in [-0.4, -0.2) is 26.4 Å². The standard InChI is InChI=1S/C15H18Cl2N2O2S/c1-9(2)14-15(19(3-4-20)13(8-21)18-14)22-12-6-10(16)5-11(17)7-12/h5-7,9,20-21H,3-4,8H2,1-2H3. The van der Waals surface area contributed by atoms with Gasteiger partial charge in [-0.15, -0.1) is 0 Å². The highest BCUT2D eigenvalue weighted by molar-refractivity contribution is 7.99. The second-order valence-corrected chi connectivity index (χ2v) is 7.05. The third-order valence-electron chi connectivity index (χ3n) is 3.09. The number of hydrogen-bond acceptors (Lipinski definition) is 4. The second kappa shape index (κ2) is 7.70. The highest BCUT2D eigenvalue weighted by Gasteiger charge is 2.20. The molecule has 0 unspecified atom stereocenters. The van der Waals surface area contributed by atoms with Gasteiger partial charge in [0.2, 0.25) is 0 Å². The number of aliphatic hydroxyl groups is 2. The predicted molar refractivity (Wildman–Crippen MR) is 89.9 cm³/mol. The van der Waals surface area contributed by atoms with Gasteiger partial charge >= 0.3 is 0 Å². The molecule has 4 nitrogen and oxygen atoms in total. The van der Waals surface area contributed by atoms with Crippen molar-refractivity contribution < 1.29 is 10.2 Å². The van der Waals surface area contributed by atoms with E-state index in [2.05, 4.69) is 4.98 Å². The largest absolute Gasteiger partial charge is 0.395 e. The second-order valence-electron chi connectivity index (χ2n) is 5.11. The van der Waals surface area contributed by atoms with Crippen molar-refractivity contribution in [2.45, 2.75) is 42.8 Å². The Morgan fingerprint density at radius 3 is 2.32 bits per heavy atom. The minimum atomic E-state index is -0.170. The fourth-order valence-corrected chi connectivity index (χ4v) is 4.08. The van der Waals surface area contributed by atoms with Crippen LogP contribution in [0.1, 0.15) is 31.3 Å². The van der Waals surface area contributed by atoms with E-state index in [4.69, 9.17) is 23.2 Å². The fourth-order valence-electron chi connectivity index (χ4n) is 2.14. The van der Waals surface area contributed by atoms with Crippen molar-refractivity contribution in [1.82, 2.24) is 9.55 Å². The van der Waals surface area contributed by atoms with Crippen molar-refractivity contribution in [2.75, 3.05) is 6.61 Å². The van der Waals surface area contributed by atoms with Crippen LogP contribution in [-0.2, 0) is 13.2 Å². The molecule has 1 aromatic carbocycles. The first kappa shape index (κ1) is 17.6. The van der Waals surface area contributed by atoms with Crippen LogP contribution in [0, 0.1) is 0 Å². The van der Waals surface area contributed by atoms with E-state index in [9.17, 15) is 10.2 Å². The Kier molecular flexibility index (Phi) is 6.17. The average molecular weight is 361 g/mol. The molecule has 0 bridgehead atoms. The molecule has 120 valence electrons. The van der Waals surface area contributed by atoms with Gasteiger partial charge in [0.15, 0.2) is 0 Å². The number of rotatable bonds is 6. The van der Waals surface area contributed by atoms with Gasteiger partial charge in [0.05, 0.1) is 12.3 Å². The first-order valence-electron chi connectivity index (χ1n) is 6.91. The molecule has 2 N–H and O–H groups in total. The van der Waals surface area contributed by atoms with Gasteiger partial charge in [-0.05, 0) is 24.1 Å². The van der Waals surface area contributed by atoms with Crippen LogP contribution in [0.5, 0.6) is 0 Å². The zero-order valence-corrected chi connectivity index (χ0v) is 14.7. The van der Waals surface area contributed by atoms with Crippen molar-refractivity contribution in [3.05, 3.63) is 39.8 Å². The van der Waals surface area contributed by atoms with Gasteiger partial charge in [-0.2, -0.15) is 0 Å². The van der Waals surface area contributed by atoms with Crippen molar-refractivity contribution in [2.24, 2.45) is 0 Å². The first-order chi connectivity index (χ1) is 10.5. The van der Waals surface area contributed by atoms with Gasteiger partial charge in [0, 0.05) is 21.5 Å². The summed E-state index contributed by atoms with van der Waals surface area (Å²) in [5.41, 5.74) is 0.888. The van der Waals surface area contributed by atoms with Crippen molar-refractivity contribution in [3.63, 3.8) is 0 Å². The summed E-state index contributed by atoms with van der Waals surface area (Å²) in [6, 6.07) is 5.34. The van der Waals surface area contributed by atoms with E-state index in [1.54, 1.807) is 6.07 Å². The maximum Gasteiger partial charge on any atom is 0.135 e. The molecular weight excluding hydrogens is 343 g/mol. The normalized spacial score (nSPS) is 11.4. The van der Waals surface area contributed by atoms with E-state index in [0.29, 0.717) is 22.4 Å². The highest BCUT2D eigenvalue weighted by Crippen LogP contribution is 2.37. The monoisotopic (exact) mass is 360 g/mol. The molecule has 0 fully saturated rings. The Bertz CT molecular complexity index is 639. The number of aromatic nitrogens is 2. The maximum absolute atomic E-state index is 9.50. The summed E-state index contributed by atoms with van der Waals surface area (Å²) in [5.74, 6) is 0.746. The molecular formula is C15H18Cl2N2O2S. The number of nitrogens with zero attached hydrogens (tertiary/aromatic N) is 2. The molecule has 0 saturated carbocycles. The molecule has 0 atom stereocenters. The van der Waals surface area contributed by atoms with Crippen molar-refractivity contribution in [3.8, 4) is 0 Å². The van der Waals surface area contributed by atoms with E-state index in [0.717, 1.165) is 15.6 Å². The van der Waals surface area contributed by atoms with Crippen LogP contribution in [0.2, 0.25) is 10.0 Å². The van der Waals surface area contributed by atoms with E-state index in [1.807, 2.05) is 30.5 Å².